The molecule has 0 aliphatic rings. The summed E-state index contributed by atoms with van der Waals surface area (Å²) in [7, 11) is 2.71. The molecule has 0 saturated carbocycles. The SMILES string of the molecule is COc1cccc(OC)c1C(=O)Oc1ccc2c(=O)c(-c3ccc(Cl)cc3)c(C(F)(F)F)oc2c1. The minimum absolute atomic E-state index is 0.00357. The van der Waals surface area contributed by atoms with Crippen LogP contribution in [-0.4, -0.2) is 20.2 Å². The third-order valence-electron chi connectivity index (χ3n) is 5.10. The van der Waals surface area contributed by atoms with Crippen molar-refractivity contribution in [3.8, 4) is 28.4 Å². The van der Waals surface area contributed by atoms with Gasteiger partial charge < -0.3 is 18.6 Å². The Kier molecular flexibility index (Phi) is 6.45. The van der Waals surface area contributed by atoms with Crippen LogP contribution in [0.3, 0.4) is 0 Å². The molecule has 4 aromatic rings. The number of carbonyl (C=O) groups is 1. The van der Waals surface area contributed by atoms with Crippen molar-refractivity contribution in [2.45, 2.75) is 6.18 Å². The van der Waals surface area contributed by atoms with Crippen LogP contribution in [0.4, 0.5) is 13.2 Å². The predicted molar refractivity (Wildman–Crippen MR) is 122 cm³/mol. The molecule has 1 aromatic heterocycles. The molecule has 0 N–H and O–H groups in total. The third kappa shape index (κ3) is 4.67. The van der Waals surface area contributed by atoms with E-state index in [1.807, 2.05) is 0 Å². The lowest BCUT2D eigenvalue weighted by Crippen LogP contribution is -2.16. The number of hydrogen-bond acceptors (Lipinski definition) is 6. The zero-order chi connectivity index (χ0) is 25.3. The first-order chi connectivity index (χ1) is 16.6. The summed E-state index contributed by atoms with van der Waals surface area (Å²) in [6.07, 6.45) is -4.97. The molecule has 0 aliphatic carbocycles. The quantitative estimate of drug-likeness (QED) is 0.232. The molecule has 0 saturated heterocycles. The number of alkyl halides is 3. The number of methoxy groups -OCH3 is 2. The Labute approximate surface area is 201 Å². The topological polar surface area (TPSA) is 75.0 Å². The van der Waals surface area contributed by atoms with Gasteiger partial charge in [0.2, 0.25) is 11.2 Å². The first kappa shape index (κ1) is 24.2. The Bertz CT molecular complexity index is 1450. The smallest absolute Gasteiger partial charge is 0.450 e. The molecule has 0 amide bonds. The minimum Gasteiger partial charge on any atom is -0.496 e. The summed E-state index contributed by atoms with van der Waals surface area (Å²) in [5.41, 5.74) is -1.98. The number of halogens is 4. The molecule has 180 valence electrons. The van der Waals surface area contributed by atoms with Gasteiger partial charge in [-0.25, -0.2) is 4.79 Å². The Morgan fingerprint density at radius 3 is 2.14 bits per heavy atom. The van der Waals surface area contributed by atoms with Crippen molar-refractivity contribution in [2.75, 3.05) is 14.2 Å². The Morgan fingerprint density at radius 2 is 1.57 bits per heavy atom. The molecule has 3 aromatic carbocycles. The number of rotatable bonds is 5. The summed E-state index contributed by atoms with van der Waals surface area (Å²) in [5, 5.41) is 0.170. The summed E-state index contributed by atoms with van der Waals surface area (Å²) < 4.78 is 62.4. The molecule has 0 aliphatic heterocycles. The normalized spacial score (nSPS) is 11.4. The second kappa shape index (κ2) is 9.34. The van der Waals surface area contributed by atoms with Crippen molar-refractivity contribution in [1.82, 2.24) is 0 Å². The maximum atomic E-state index is 13.8. The van der Waals surface area contributed by atoms with Crippen LogP contribution in [0.25, 0.3) is 22.1 Å². The highest BCUT2D eigenvalue weighted by atomic mass is 35.5. The molecule has 1 heterocycles. The van der Waals surface area contributed by atoms with Crippen LogP contribution in [0.15, 0.2) is 69.9 Å². The lowest BCUT2D eigenvalue weighted by molar-refractivity contribution is -0.152. The highest BCUT2D eigenvalue weighted by Crippen LogP contribution is 2.38. The van der Waals surface area contributed by atoms with Crippen molar-refractivity contribution >= 4 is 28.5 Å². The second-order valence-corrected chi connectivity index (χ2v) is 7.66. The lowest BCUT2D eigenvalue weighted by Gasteiger charge is -2.14. The number of carbonyl (C=O) groups excluding carboxylic acids is 1. The van der Waals surface area contributed by atoms with Gasteiger partial charge in [0.1, 0.15) is 28.4 Å². The van der Waals surface area contributed by atoms with Gasteiger partial charge in [-0.1, -0.05) is 29.8 Å². The highest BCUT2D eigenvalue weighted by molar-refractivity contribution is 6.30. The van der Waals surface area contributed by atoms with Crippen molar-refractivity contribution in [3.05, 3.63) is 87.2 Å². The number of benzene rings is 3. The Hall–Kier alpha value is -3.98. The van der Waals surface area contributed by atoms with Gasteiger partial charge in [-0.2, -0.15) is 13.2 Å². The van der Waals surface area contributed by atoms with Gasteiger partial charge >= 0.3 is 12.1 Å². The van der Waals surface area contributed by atoms with Crippen LogP contribution in [0, 0.1) is 0 Å². The second-order valence-electron chi connectivity index (χ2n) is 7.22. The number of esters is 1. The zero-order valence-electron chi connectivity index (χ0n) is 18.2. The third-order valence-corrected chi connectivity index (χ3v) is 5.35. The molecule has 0 spiro atoms. The molecule has 6 nitrogen and oxygen atoms in total. The van der Waals surface area contributed by atoms with Gasteiger partial charge in [0.05, 0.1) is 25.2 Å². The van der Waals surface area contributed by atoms with E-state index < -0.39 is 34.5 Å². The molecule has 4 rings (SSSR count). The van der Waals surface area contributed by atoms with Crippen LogP contribution < -0.4 is 19.6 Å². The summed E-state index contributed by atoms with van der Waals surface area (Å²) in [5.74, 6) is -2.16. The number of ether oxygens (including phenoxy) is 3. The van der Waals surface area contributed by atoms with E-state index in [9.17, 15) is 22.8 Å². The predicted octanol–water partition coefficient (Wildman–Crippen LogP) is 6.37. The van der Waals surface area contributed by atoms with Crippen LogP contribution in [0.5, 0.6) is 17.2 Å². The van der Waals surface area contributed by atoms with Gasteiger partial charge in [0.15, 0.2) is 0 Å². The van der Waals surface area contributed by atoms with Crippen LogP contribution in [0.2, 0.25) is 5.02 Å². The molecule has 0 bridgehead atoms. The molecular weight excluding hydrogens is 489 g/mol. The van der Waals surface area contributed by atoms with E-state index in [2.05, 4.69) is 0 Å². The van der Waals surface area contributed by atoms with Gasteiger partial charge in [-0.3, -0.25) is 4.79 Å². The maximum Gasteiger partial charge on any atom is 0.450 e. The summed E-state index contributed by atoms with van der Waals surface area (Å²) in [6.45, 7) is 0. The number of fused-ring (bicyclic) bond motifs is 1. The molecule has 10 heteroatoms. The van der Waals surface area contributed by atoms with E-state index in [-0.39, 0.29) is 33.8 Å². The molecule has 0 atom stereocenters. The minimum atomic E-state index is -4.97. The monoisotopic (exact) mass is 504 g/mol. The fourth-order valence-electron chi connectivity index (χ4n) is 3.53. The van der Waals surface area contributed by atoms with Crippen molar-refractivity contribution in [2.24, 2.45) is 0 Å². The number of hydrogen-bond donors (Lipinski definition) is 0. The first-order valence-corrected chi connectivity index (χ1v) is 10.4. The van der Waals surface area contributed by atoms with Crippen molar-refractivity contribution in [1.29, 1.82) is 0 Å². The summed E-state index contributed by atoms with van der Waals surface area (Å²) in [4.78, 5) is 25.9. The summed E-state index contributed by atoms with van der Waals surface area (Å²) >= 11 is 5.82. The van der Waals surface area contributed by atoms with Crippen LogP contribution in [-0.2, 0) is 6.18 Å². The Balaban J connectivity index is 1.82. The van der Waals surface area contributed by atoms with Crippen molar-refractivity contribution < 1.29 is 36.6 Å². The van der Waals surface area contributed by atoms with Crippen LogP contribution >= 0.6 is 11.6 Å². The lowest BCUT2D eigenvalue weighted by atomic mass is 10.0. The standard InChI is InChI=1S/C25H16ClF3O6/c1-32-17-4-3-5-18(33-2)21(17)24(31)34-15-10-11-16-19(12-15)35-23(25(27,28)29)20(22(16)30)13-6-8-14(26)9-7-13/h3-12H,1-2H3. The van der Waals surface area contributed by atoms with E-state index in [4.69, 9.17) is 30.2 Å². The van der Waals surface area contributed by atoms with E-state index in [1.54, 1.807) is 6.07 Å². The molecule has 0 radical (unpaired) electrons. The first-order valence-electron chi connectivity index (χ1n) is 10.0. The highest BCUT2D eigenvalue weighted by Gasteiger charge is 2.39. The van der Waals surface area contributed by atoms with Crippen LogP contribution in [0.1, 0.15) is 16.1 Å². The maximum absolute atomic E-state index is 13.8. The Morgan fingerprint density at radius 1 is 0.943 bits per heavy atom. The molecular formula is C25H16ClF3O6. The van der Waals surface area contributed by atoms with Crippen molar-refractivity contribution in [3.63, 3.8) is 0 Å². The molecule has 35 heavy (non-hydrogen) atoms. The molecule has 0 unspecified atom stereocenters. The van der Waals surface area contributed by atoms with Gasteiger partial charge in [-0.05, 0) is 42.0 Å². The average molecular weight is 505 g/mol. The van der Waals surface area contributed by atoms with E-state index in [0.29, 0.717) is 5.02 Å². The van der Waals surface area contributed by atoms with E-state index >= 15 is 0 Å². The van der Waals surface area contributed by atoms with E-state index in [1.165, 1.54) is 62.8 Å². The van der Waals surface area contributed by atoms with Gasteiger partial charge in [0, 0.05) is 11.1 Å². The fourth-order valence-corrected chi connectivity index (χ4v) is 3.65. The van der Waals surface area contributed by atoms with E-state index in [0.717, 1.165) is 6.07 Å². The fraction of sp³-hybridized carbons (Fsp3) is 0.120. The van der Waals surface area contributed by atoms with Gasteiger partial charge in [-0.15, -0.1) is 0 Å². The average Bonchev–Trinajstić information content (AvgIpc) is 2.83. The largest absolute Gasteiger partial charge is 0.496 e. The van der Waals surface area contributed by atoms with Gasteiger partial charge in [0.25, 0.3) is 0 Å². The zero-order valence-corrected chi connectivity index (χ0v) is 19.0. The molecule has 0 fully saturated rings. The summed E-state index contributed by atoms with van der Waals surface area (Å²) in [6, 6.07) is 13.5.